The average molecular weight is 532 g/mol. The Morgan fingerprint density at radius 2 is 1.94 bits per heavy atom. The largest absolute Gasteiger partial charge is 0.493 e. The molecule has 0 unspecified atom stereocenters. The van der Waals surface area contributed by atoms with Crippen molar-refractivity contribution >= 4 is 40.5 Å². The van der Waals surface area contributed by atoms with Crippen LogP contribution in [0.25, 0.3) is 10.6 Å². The third-order valence-corrected chi connectivity index (χ3v) is 6.56. The summed E-state index contributed by atoms with van der Waals surface area (Å²) >= 11 is 7.34. The molecular formula is C26H30ClN3O5S. The summed E-state index contributed by atoms with van der Waals surface area (Å²) in [7, 11) is 1.53. The minimum Gasteiger partial charge on any atom is -0.493 e. The Morgan fingerprint density at radius 1 is 1.19 bits per heavy atom. The van der Waals surface area contributed by atoms with Crippen LogP contribution in [0.15, 0.2) is 42.6 Å². The fourth-order valence-electron chi connectivity index (χ4n) is 3.52. The van der Waals surface area contributed by atoms with Crippen LogP contribution in [0.2, 0.25) is 5.02 Å². The number of methoxy groups -OCH3 is 1. The Bertz CT molecular complexity index is 1230. The van der Waals surface area contributed by atoms with Crippen molar-refractivity contribution in [3.63, 3.8) is 0 Å². The van der Waals surface area contributed by atoms with Gasteiger partial charge in [-0.2, -0.15) is 0 Å². The molecule has 0 fully saturated rings. The summed E-state index contributed by atoms with van der Waals surface area (Å²) in [6.07, 6.45) is 1.59. The zero-order valence-electron chi connectivity index (χ0n) is 21.0. The van der Waals surface area contributed by atoms with Crippen LogP contribution in [0, 0.1) is 0 Å². The molecule has 1 aliphatic heterocycles. The van der Waals surface area contributed by atoms with Gasteiger partial charge in [-0.25, -0.2) is 0 Å². The number of amides is 1. The highest BCUT2D eigenvalue weighted by Gasteiger charge is 2.32. The molecule has 0 spiro atoms. The maximum Gasteiger partial charge on any atom is 0.320 e. The number of ether oxygens (including phenoxy) is 3. The highest BCUT2D eigenvalue weighted by atomic mass is 35.5. The second-order valence-electron chi connectivity index (χ2n) is 8.28. The molecule has 1 aliphatic rings. The fraction of sp³-hybridized carbons (Fsp3) is 0.346. The second kappa shape index (κ2) is 11.7. The summed E-state index contributed by atoms with van der Waals surface area (Å²) in [6, 6.07) is 10.9. The first-order valence-electron chi connectivity index (χ1n) is 11.5. The number of esters is 1. The first-order chi connectivity index (χ1) is 17.2. The number of nitrogens with two attached hydrogens (primary N) is 1. The van der Waals surface area contributed by atoms with Crippen LogP contribution < -0.4 is 20.1 Å². The fourth-order valence-corrected chi connectivity index (χ4v) is 4.73. The van der Waals surface area contributed by atoms with Gasteiger partial charge >= 0.3 is 5.97 Å². The molecule has 3 aromatic rings. The molecule has 0 saturated carbocycles. The molecule has 192 valence electrons. The van der Waals surface area contributed by atoms with Gasteiger partial charge in [-0.3, -0.25) is 14.6 Å². The number of nitrogens with zero attached hydrogens (tertiary/aromatic N) is 2. The number of halogens is 1. The van der Waals surface area contributed by atoms with Crippen molar-refractivity contribution in [2.24, 2.45) is 5.73 Å². The smallest absolute Gasteiger partial charge is 0.320 e. The van der Waals surface area contributed by atoms with Crippen molar-refractivity contribution in [3.8, 4) is 22.1 Å². The Labute approximate surface area is 219 Å². The molecule has 2 N–H and O–H groups in total. The van der Waals surface area contributed by atoms with Crippen LogP contribution in [0.5, 0.6) is 11.5 Å². The number of fused-ring (bicyclic) bond motifs is 1. The second-order valence-corrected chi connectivity index (χ2v) is 9.77. The van der Waals surface area contributed by atoms with E-state index in [1.807, 2.05) is 26.0 Å². The third-order valence-electron chi connectivity index (χ3n) is 5.15. The van der Waals surface area contributed by atoms with Crippen LogP contribution in [-0.2, 0) is 16.1 Å². The lowest BCUT2D eigenvalue weighted by Gasteiger charge is -2.25. The van der Waals surface area contributed by atoms with E-state index in [-0.39, 0.29) is 19.1 Å². The summed E-state index contributed by atoms with van der Waals surface area (Å²) in [5.41, 5.74) is 6.87. The molecule has 4 rings (SSSR count). The van der Waals surface area contributed by atoms with Gasteiger partial charge in [0, 0.05) is 18.0 Å². The number of benzene rings is 1. The van der Waals surface area contributed by atoms with E-state index >= 15 is 0 Å². The number of pyridine rings is 1. The van der Waals surface area contributed by atoms with Crippen LogP contribution >= 0.6 is 22.9 Å². The predicted molar refractivity (Wildman–Crippen MR) is 142 cm³/mol. The van der Waals surface area contributed by atoms with Gasteiger partial charge in [0.05, 0.1) is 40.7 Å². The van der Waals surface area contributed by atoms with E-state index in [9.17, 15) is 9.59 Å². The van der Waals surface area contributed by atoms with E-state index in [1.165, 1.54) is 18.4 Å². The molecule has 1 aromatic carbocycles. The van der Waals surface area contributed by atoms with E-state index in [0.717, 1.165) is 16.1 Å². The molecule has 0 saturated heterocycles. The topological polar surface area (TPSA) is 104 Å². The summed E-state index contributed by atoms with van der Waals surface area (Å²) in [6.45, 7) is 7.82. The van der Waals surface area contributed by atoms with E-state index in [4.69, 9.17) is 31.5 Å². The number of hydrogen-bond acceptors (Lipinski definition) is 8. The Kier molecular flexibility index (Phi) is 8.94. The van der Waals surface area contributed by atoms with Crippen molar-refractivity contribution in [3.05, 3.63) is 58.1 Å². The number of anilines is 1. The summed E-state index contributed by atoms with van der Waals surface area (Å²) in [5, 5.41) is 0.566. The Morgan fingerprint density at radius 3 is 2.56 bits per heavy atom. The zero-order chi connectivity index (χ0) is 26.5. The van der Waals surface area contributed by atoms with Gasteiger partial charge in [-0.05, 0) is 49.7 Å². The summed E-state index contributed by atoms with van der Waals surface area (Å²) in [5.74, 6) is 0.352. The minimum absolute atomic E-state index is 0.0780. The number of carbonyl (C=O) groups excluding carboxylic acids is 2. The standard InChI is InChI=1S/C24H24ClN3O5S.C2H6/c1-24(2,33-21(29)10-26)13-32-18-7-5-16(9-19(18)31-3)28-12-14-8-20(34-22(14)23(28)30)17-6-4-15(25)11-27-17;1-2/h4-9,11H,10,12-13,26H2,1-3H3;1-2H3. The molecule has 1 amide bonds. The molecule has 0 bridgehead atoms. The SMILES string of the molecule is CC.COc1cc(N2Cc3cc(-c4ccc(Cl)cn4)sc3C2=O)ccc1OCC(C)(C)OC(=O)CN. The lowest BCUT2D eigenvalue weighted by atomic mass is 10.1. The number of rotatable bonds is 8. The van der Waals surface area contributed by atoms with Crippen molar-refractivity contribution in [2.75, 3.05) is 25.2 Å². The zero-order valence-corrected chi connectivity index (χ0v) is 22.5. The monoisotopic (exact) mass is 531 g/mol. The van der Waals surface area contributed by atoms with E-state index in [1.54, 1.807) is 49.2 Å². The summed E-state index contributed by atoms with van der Waals surface area (Å²) in [4.78, 5) is 32.3. The molecule has 0 aliphatic carbocycles. The molecule has 2 aromatic heterocycles. The minimum atomic E-state index is -0.865. The maximum atomic E-state index is 13.1. The van der Waals surface area contributed by atoms with Gasteiger partial charge in [0.1, 0.15) is 12.2 Å². The molecule has 10 heteroatoms. The highest BCUT2D eigenvalue weighted by Crippen LogP contribution is 2.40. The van der Waals surface area contributed by atoms with Crippen LogP contribution in [0.3, 0.4) is 0 Å². The lowest BCUT2D eigenvalue weighted by molar-refractivity contribution is -0.157. The van der Waals surface area contributed by atoms with Gasteiger partial charge in [-0.1, -0.05) is 25.4 Å². The molecule has 0 radical (unpaired) electrons. The molecule has 3 heterocycles. The van der Waals surface area contributed by atoms with Crippen molar-refractivity contribution in [1.29, 1.82) is 0 Å². The molecule has 8 nitrogen and oxygen atoms in total. The maximum absolute atomic E-state index is 13.1. The van der Waals surface area contributed by atoms with Crippen LogP contribution in [0.4, 0.5) is 5.69 Å². The van der Waals surface area contributed by atoms with Crippen LogP contribution in [-0.4, -0.2) is 42.7 Å². The van der Waals surface area contributed by atoms with Gasteiger partial charge in [-0.15, -0.1) is 11.3 Å². The van der Waals surface area contributed by atoms with Crippen LogP contribution in [0.1, 0.15) is 42.9 Å². The van der Waals surface area contributed by atoms with Gasteiger partial charge in [0.15, 0.2) is 11.5 Å². The Balaban J connectivity index is 0.00000176. The number of hydrogen-bond donors (Lipinski definition) is 1. The normalized spacial score (nSPS) is 12.5. The third kappa shape index (κ3) is 6.16. The average Bonchev–Trinajstić information content (AvgIpc) is 3.43. The van der Waals surface area contributed by atoms with Gasteiger partial charge in [0.2, 0.25) is 0 Å². The quantitative estimate of drug-likeness (QED) is 0.392. The number of carbonyl (C=O) groups is 2. The molecule has 36 heavy (non-hydrogen) atoms. The highest BCUT2D eigenvalue weighted by molar-refractivity contribution is 7.17. The lowest BCUT2D eigenvalue weighted by Crippen LogP contribution is -2.37. The van der Waals surface area contributed by atoms with Crippen molar-refractivity contribution in [1.82, 2.24) is 4.98 Å². The van der Waals surface area contributed by atoms with Crippen molar-refractivity contribution < 1.29 is 23.8 Å². The number of thiophene rings is 1. The van der Waals surface area contributed by atoms with Gasteiger partial charge < -0.3 is 24.8 Å². The first kappa shape index (κ1) is 27.4. The van der Waals surface area contributed by atoms with E-state index < -0.39 is 11.6 Å². The van der Waals surface area contributed by atoms with Crippen molar-refractivity contribution in [2.45, 2.75) is 39.8 Å². The van der Waals surface area contributed by atoms with E-state index in [0.29, 0.717) is 33.6 Å². The Hall–Kier alpha value is -3.14. The number of aromatic nitrogens is 1. The van der Waals surface area contributed by atoms with E-state index in [2.05, 4.69) is 4.98 Å². The predicted octanol–water partition coefficient (Wildman–Crippen LogP) is 5.32. The molecular weight excluding hydrogens is 502 g/mol. The molecule has 0 atom stereocenters. The summed E-state index contributed by atoms with van der Waals surface area (Å²) < 4.78 is 16.6. The van der Waals surface area contributed by atoms with Gasteiger partial charge in [0.25, 0.3) is 5.91 Å². The first-order valence-corrected chi connectivity index (χ1v) is 12.7.